The quantitative estimate of drug-likeness (QED) is 0.808. The summed E-state index contributed by atoms with van der Waals surface area (Å²) < 4.78 is 22.5. The molecule has 5 heteroatoms. The summed E-state index contributed by atoms with van der Waals surface area (Å²) in [6, 6.07) is 11.4. The summed E-state index contributed by atoms with van der Waals surface area (Å²) in [5.74, 6) is 0. The van der Waals surface area contributed by atoms with Crippen LogP contribution < -0.4 is 0 Å². The molecule has 0 saturated heterocycles. The molecular weight excluding hydrogens is 276 g/mol. The lowest BCUT2D eigenvalue weighted by molar-refractivity contribution is 0.611. The van der Waals surface area contributed by atoms with E-state index in [9.17, 15) is 8.42 Å². The fraction of sp³-hybridized carbons (Fsp3) is 0.167. The van der Waals surface area contributed by atoms with Gasteiger partial charge in [0.1, 0.15) is 4.21 Å². The Morgan fingerprint density at radius 3 is 2.47 bits per heavy atom. The maximum Gasteiger partial charge on any atom is 0.270 e. The SMILES string of the molecule is Cc1ccccc1Cc1ccc(S(=O)(=O)Cl)s1. The van der Waals surface area contributed by atoms with Gasteiger partial charge in [0.25, 0.3) is 9.05 Å². The van der Waals surface area contributed by atoms with E-state index in [1.54, 1.807) is 6.07 Å². The maximum atomic E-state index is 11.1. The molecular formula is C12H11ClO2S2. The molecule has 0 amide bonds. The van der Waals surface area contributed by atoms with Crippen molar-refractivity contribution in [3.63, 3.8) is 0 Å². The van der Waals surface area contributed by atoms with Crippen LogP contribution in [0.25, 0.3) is 0 Å². The monoisotopic (exact) mass is 286 g/mol. The van der Waals surface area contributed by atoms with E-state index in [0.29, 0.717) is 0 Å². The van der Waals surface area contributed by atoms with Crippen LogP contribution in [0.3, 0.4) is 0 Å². The standard InChI is InChI=1S/C12H11ClO2S2/c1-9-4-2-3-5-10(9)8-11-6-7-12(16-11)17(13,14)15/h2-7H,8H2,1H3. The third kappa shape index (κ3) is 3.09. The number of halogens is 1. The predicted octanol–water partition coefficient (Wildman–Crippen LogP) is 3.57. The molecule has 1 heterocycles. The van der Waals surface area contributed by atoms with Gasteiger partial charge >= 0.3 is 0 Å². The van der Waals surface area contributed by atoms with Gasteiger partial charge in [-0.3, -0.25) is 0 Å². The minimum atomic E-state index is -3.59. The van der Waals surface area contributed by atoms with E-state index in [-0.39, 0.29) is 4.21 Å². The van der Waals surface area contributed by atoms with Gasteiger partial charge in [0, 0.05) is 22.0 Å². The molecule has 0 bridgehead atoms. The first kappa shape index (κ1) is 12.6. The molecule has 1 aromatic heterocycles. The van der Waals surface area contributed by atoms with E-state index in [4.69, 9.17) is 10.7 Å². The fourth-order valence-corrected chi connectivity index (χ4v) is 3.73. The molecule has 0 saturated carbocycles. The number of benzene rings is 1. The zero-order valence-electron chi connectivity index (χ0n) is 9.18. The molecule has 0 fully saturated rings. The van der Waals surface area contributed by atoms with Crippen molar-refractivity contribution in [2.45, 2.75) is 17.6 Å². The van der Waals surface area contributed by atoms with Crippen LogP contribution in [0, 0.1) is 6.92 Å². The van der Waals surface area contributed by atoms with E-state index in [2.05, 4.69) is 0 Å². The first-order valence-electron chi connectivity index (χ1n) is 5.05. The number of hydrogen-bond acceptors (Lipinski definition) is 3. The van der Waals surface area contributed by atoms with Crippen LogP contribution in [0.2, 0.25) is 0 Å². The Morgan fingerprint density at radius 1 is 1.18 bits per heavy atom. The van der Waals surface area contributed by atoms with Gasteiger partial charge in [-0.05, 0) is 30.2 Å². The molecule has 2 nitrogen and oxygen atoms in total. The molecule has 0 aliphatic heterocycles. The minimum Gasteiger partial charge on any atom is -0.206 e. The highest BCUT2D eigenvalue weighted by atomic mass is 35.7. The number of hydrogen-bond donors (Lipinski definition) is 0. The number of aryl methyl sites for hydroxylation is 1. The third-order valence-electron chi connectivity index (χ3n) is 2.50. The average Bonchev–Trinajstić information content (AvgIpc) is 2.69. The largest absolute Gasteiger partial charge is 0.270 e. The van der Waals surface area contributed by atoms with Crippen molar-refractivity contribution < 1.29 is 8.42 Å². The van der Waals surface area contributed by atoms with Crippen molar-refractivity contribution in [2.75, 3.05) is 0 Å². The highest BCUT2D eigenvalue weighted by Crippen LogP contribution is 2.27. The molecule has 2 rings (SSSR count). The summed E-state index contributed by atoms with van der Waals surface area (Å²) in [5, 5.41) is 0. The first-order valence-corrected chi connectivity index (χ1v) is 8.17. The van der Waals surface area contributed by atoms with Crippen LogP contribution >= 0.6 is 22.0 Å². The van der Waals surface area contributed by atoms with Gasteiger partial charge < -0.3 is 0 Å². The molecule has 17 heavy (non-hydrogen) atoms. The summed E-state index contributed by atoms with van der Waals surface area (Å²) in [4.78, 5) is 0.999. The van der Waals surface area contributed by atoms with Crippen LogP contribution in [0.5, 0.6) is 0 Å². The molecule has 0 aliphatic carbocycles. The van der Waals surface area contributed by atoms with Crippen molar-refractivity contribution in [3.8, 4) is 0 Å². The highest BCUT2D eigenvalue weighted by Gasteiger charge is 2.13. The summed E-state index contributed by atoms with van der Waals surface area (Å²) in [7, 11) is 1.70. The van der Waals surface area contributed by atoms with Crippen LogP contribution in [0.4, 0.5) is 0 Å². The Labute approximate surface area is 109 Å². The Morgan fingerprint density at radius 2 is 1.88 bits per heavy atom. The number of thiophene rings is 1. The Hall–Kier alpha value is -0.840. The van der Waals surface area contributed by atoms with Gasteiger partial charge in [-0.2, -0.15) is 0 Å². The highest BCUT2D eigenvalue weighted by molar-refractivity contribution is 8.15. The minimum absolute atomic E-state index is 0.211. The van der Waals surface area contributed by atoms with Gasteiger partial charge in [0.2, 0.25) is 0 Å². The van der Waals surface area contributed by atoms with Gasteiger partial charge in [-0.15, -0.1) is 11.3 Å². The second-order valence-corrected chi connectivity index (χ2v) is 7.72. The van der Waals surface area contributed by atoms with E-state index >= 15 is 0 Å². The van der Waals surface area contributed by atoms with Crippen molar-refractivity contribution in [1.82, 2.24) is 0 Å². The van der Waals surface area contributed by atoms with Crippen LogP contribution in [-0.4, -0.2) is 8.42 Å². The molecule has 1 aromatic carbocycles. The fourth-order valence-electron chi connectivity index (χ4n) is 1.58. The Balaban J connectivity index is 2.26. The van der Waals surface area contributed by atoms with Gasteiger partial charge in [0.15, 0.2) is 0 Å². The molecule has 2 aromatic rings. The second kappa shape index (κ2) is 4.80. The molecule has 0 spiro atoms. The van der Waals surface area contributed by atoms with Crippen LogP contribution in [0.1, 0.15) is 16.0 Å². The van der Waals surface area contributed by atoms with E-state index in [1.807, 2.05) is 37.3 Å². The normalized spacial score (nSPS) is 11.6. The van der Waals surface area contributed by atoms with Crippen LogP contribution in [0.15, 0.2) is 40.6 Å². The summed E-state index contributed by atoms with van der Waals surface area (Å²) in [5.41, 5.74) is 2.41. The molecule has 0 atom stereocenters. The predicted molar refractivity (Wildman–Crippen MR) is 71.3 cm³/mol. The average molecular weight is 287 g/mol. The van der Waals surface area contributed by atoms with Crippen molar-refractivity contribution in [3.05, 3.63) is 52.4 Å². The zero-order valence-corrected chi connectivity index (χ0v) is 11.6. The zero-order chi connectivity index (χ0) is 12.5. The van der Waals surface area contributed by atoms with Gasteiger partial charge in [-0.1, -0.05) is 24.3 Å². The van der Waals surface area contributed by atoms with E-state index in [1.165, 1.54) is 22.5 Å². The van der Waals surface area contributed by atoms with Gasteiger partial charge in [0.05, 0.1) is 0 Å². The molecule has 0 N–H and O–H groups in total. The summed E-state index contributed by atoms with van der Waals surface area (Å²) in [6.07, 6.45) is 0.740. The van der Waals surface area contributed by atoms with Crippen molar-refractivity contribution >= 4 is 31.1 Å². The second-order valence-electron chi connectivity index (χ2n) is 3.76. The maximum absolute atomic E-state index is 11.1. The lowest BCUT2D eigenvalue weighted by Gasteiger charge is -2.02. The molecule has 0 aliphatic rings. The topological polar surface area (TPSA) is 34.1 Å². The molecule has 0 radical (unpaired) electrons. The van der Waals surface area contributed by atoms with Crippen molar-refractivity contribution in [1.29, 1.82) is 0 Å². The lowest BCUT2D eigenvalue weighted by Crippen LogP contribution is -1.88. The molecule has 0 unspecified atom stereocenters. The van der Waals surface area contributed by atoms with Crippen LogP contribution in [-0.2, 0) is 15.5 Å². The summed E-state index contributed by atoms with van der Waals surface area (Å²) >= 11 is 1.22. The Bertz CT molecular complexity index is 629. The van der Waals surface area contributed by atoms with E-state index in [0.717, 1.165) is 11.3 Å². The van der Waals surface area contributed by atoms with E-state index < -0.39 is 9.05 Å². The number of rotatable bonds is 3. The lowest BCUT2D eigenvalue weighted by atomic mass is 10.1. The van der Waals surface area contributed by atoms with Crippen molar-refractivity contribution in [2.24, 2.45) is 0 Å². The first-order chi connectivity index (χ1) is 7.97. The summed E-state index contributed by atoms with van der Waals surface area (Å²) in [6.45, 7) is 2.04. The molecule has 90 valence electrons. The smallest absolute Gasteiger partial charge is 0.206 e. The third-order valence-corrected chi connectivity index (χ3v) is 5.68. The Kier molecular flexibility index (Phi) is 3.56. The van der Waals surface area contributed by atoms with Gasteiger partial charge in [-0.25, -0.2) is 8.42 Å².